The highest BCUT2D eigenvalue weighted by molar-refractivity contribution is 6.21. The van der Waals surface area contributed by atoms with Crippen molar-refractivity contribution in [2.45, 2.75) is 109 Å². The first-order valence-corrected chi connectivity index (χ1v) is 12.7. The van der Waals surface area contributed by atoms with E-state index in [0.29, 0.717) is 31.8 Å². The van der Waals surface area contributed by atoms with Crippen LogP contribution >= 0.6 is 11.6 Å². The molecule has 1 aliphatic rings. The molecule has 0 amide bonds. The summed E-state index contributed by atoms with van der Waals surface area (Å²) < 4.78 is 17.4. The van der Waals surface area contributed by atoms with Crippen molar-refractivity contribution in [1.82, 2.24) is 0 Å². The van der Waals surface area contributed by atoms with Crippen LogP contribution in [0.25, 0.3) is 0 Å². The number of aliphatic hydroxyl groups is 1. The van der Waals surface area contributed by atoms with Gasteiger partial charge in [0.2, 0.25) is 0 Å². The van der Waals surface area contributed by atoms with E-state index in [-0.39, 0.29) is 35.0 Å². The summed E-state index contributed by atoms with van der Waals surface area (Å²) in [5, 5.41) is 11.1. The summed E-state index contributed by atoms with van der Waals surface area (Å²) in [4.78, 5) is 12.4. The maximum Gasteiger partial charge on any atom is 0.162 e. The van der Waals surface area contributed by atoms with E-state index in [2.05, 4.69) is 20.8 Å². The first-order valence-electron chi connectivity index (χ1n) is 12.3. The van der Waals surface area contributed by atoms with Gasteiger partial charge in [-0.1, -0.05) is 40.5 Å². The van der Waals surface area contributed by atoms with Crippen LogP contribution in [0.3, 0.4) is 0 Å². The molecular weight excluding hydrogens is 416 g/mol. The fourth-order valence-electron chi connectivity index (χ4n) is 4.77. The number of carbonyl (C=O) groups excluding carboxylic acids is 1. The van der Waals surface area contributed by atoms with Gasteiger partial charge in [-0.15, -0.1) is 11.6 Å². The van der Waals surface area contributed by atoms with Gasteiger partial charge < -0.3 is 19.3 Å². The van der Waals surface area contributed by atoms with Gasteiger partial charge in [0.25, 0.3) is 0 Å². The second-order valence-corrected chi connectivity index (χ2v) is 10.2. The maximum atomic E-state index is 12.4. The molecule has 0 aromatic carbocycles. The summed E-state index contributed by atoms with van der Waals surface area (Å²) in [7, 11) is 3.39. The van der Waals surface area contributed by atoms with E-state index in [4.69, 9.17) is 25.8 Å². The summed E-state index contributed by atoms with van der Waals surface area (Å²) in [6.45, 7) is 9.09. The Hall–Kier alpha value is -0.200. The molecule has 1 N–H and O–H groups in total. The third kappa shape index (κ3) is 10.1. The number of Topliss-reactive ketones (excluding diaryl/α,β-unsaturated/α-hetero) is 1. The zero-order valence-corrected chi connectivity index (χ0v) is 21.4. The van der Waals surface area contributed by atoms with Gasteiger partial charge in [0.1, 0.15) is 5.78 Å². The summed E-state index contributed by atoms with van der Waals surface area (Å²) >= 11 is 6.61. The molecule has 1 saturated carbocycles. The van der Waals surface area contributed by atoms with Crippen LogP contribution in [0.15, 0.2) is 0 Å². The highest BCUT2D eigenvalue weighted by Gasteiger charge is 2.41. The van der Waals surface area contributed by atoms with E-state index in [0.717, 1.165) is 38.5 Å². The maximum absolute atomic E-state index is 12.4. The molecule has 0 spiro atoms. The number of rotatable bonds is 13. The summed E-state index contributed by atoms with van der Waals surface area (Å²) in [5.74, 6) is 0.533. The van der Waals surface area contributed by atoms with Crippen LogP contribution in [-0.4, -0.2) is 55.6 Å². The third-order valence-electron chi connectivity index (χ3n) is 7.09. The molecule has 0 bridgehead atoms. The van der Waals surface area contributed by atoms with Gasteiger partial charge in [0.05, 0.1) is 12.2 Å². The minimum Gasteiger partial charge on any atom is -0.392 e. The number of ketones is 1. The quantitative estimate of drug-likeness (QED) is 0.219. The molecule has 0 saturated heterocycles. The van der Waals surface area contributed by atoms with E-state index in [1.165, 1.54) is 0 Å². The Morgan fingerprint density at radius 2 is 1.84 bits per heavy atom. The lowest BCUT2D eigenvalue weighted by atomic mass is 9.76. The smallest absolute Gasteiger partial charge is 0.162 e. The molecule has 1 rings (SSSR count). The predicted molar refractivity (Wildman–Crippen MR) is 126 cm³/mol. The molecule has 8 unspecified atom stereocenters. The topological polar surface area (TPSA) is 65.0 Å². The molecule has 0 aromatic rings. The molecule has 0 radical (unpaired) electrons. The van der Waals surface area contributed by atoms with Crippen LogP contribution in [0.4, 0.5) is 0 Å². The SMILES string of the molecule is CCC(C)CCC1CC(Cl)CC(=O)CC(C)C(O)C1C(OC)OCCCC(CC)OC. The minimum atomic E-state index is -0.667. The van der Waals surface area contributed by atoms with Gasteiger partial charge >= 0.3 is 0 Å². The zero-order valence-electron chi connectivity index (χ0n) is 20.6. The first kappa shape index (κ1) is 28.8. The fourth-order valence-corrected chi connectivity index (χ4v) is 5.17. The second kappa shape index (κ2) is 15.6. The second-order valence-electron chi connectivity index (χ2n) is 9.56. The van der Waals surface area contributed by atoms with Crippen LogP contribution in [0, 0.1) is 23.7 Å². The van der Waals surface area contributed by atoms with Crippen LogP contribution in [0.2, 0.25) is 0 Å². The van der Waals surface area contributed by atoms with Crippen LogP contribution in [0.5, 0.6) is 0 Å². The number of hydrogen-bond acceptors (Lipinski definition) is 5. The molecule has 6 heteroatoms. The van der Waals surface area contributed by atoms with Crippen molar-refractivity contribution in [2.75, 3.05) is 20.8 Å². The van der Waals surface area contributed by atoms with Crippen LogP contribution in [-0.2, 0) is 19.0 Å². The molecule has 1 fully saturated rings. The molecule has 0 aliphatic heterocycles. The Labute approximate surface area is 195 Å². The van der Waals surface area contributed by atoms with E-state index in [1.54, 1.807) is 14.2 Å². The molecule has 0 heterocycles. The minimum absolute atomic E-state index is 0.132. The highest BCUT2D eigenvalue weighted by Crippen LogP contribution is 2.38. The molecule has 1 aliphatic carbocycles. The predicted octanol–water partition coefficient (Wildman–Crippen LogP) is 5.60. The number of ether oxygens (including phenoxy) is 3. The Kier molecular flexibility index (Phi) is 14.5. The van der Waals surface area contributed by atoms with Crippen molar-refractivity contribution in [3.05, 3.63) is 0 Å². The lowest BCUT2D eigenvalue weighted by Gasteiger charge is -2.38. The van der Waals surface area contributed by atoms with Crippen molar-refractivity contribution in [3.63, 3.8) is 0 Å². The number of alkyl halides is 1. The van der Waals surface area contributed by atoms with E-state index in [9.17, 15) is 9.90 Å². The number of hydrogen-bond donors (Lipinski definition) is 1. The van der Waals surface area contributed by atoms with Crippen molar-refractivity contribution in [1.29, 1.82) is 0 Å². The molecular formula is C25H47ClO5. The van der Waals surface area contributed by atoms with Crippen molar-refractivity contribution in [2.24, 2.45) is 23.7 Å². The van der Waals surface area contributed by atoms with Crippen molar-refractivity contribution < 1.29 is 24.1 Å². The number of aliphatic hydroxyl groups excluding tert-OH is 1. The number of halogens is 1. The van der Waals surface area contributed by atoms with Crippen LogP contribution < -0.4 is 0 Å². The lowest BCUT2D eigenvalue weighted by Crippen LogP contribution is -2.44. The summed E-state index contributed by atoms with van der Waals surface area (Å²) in [5.41, 5.74) is 0. The van der Waals surface area contributed by atoms with Gasteiger partial charge in [-0.05, 0) is 49.9 Å². The Balaban J connectivity index is 2.99. The van der Waals surface area contributed by atoms with Crippen molar-refractivity contribution in [3.8, 4) is 0 Å². The van der Waals surface area contributed by atoms with E-state index < -0.39 is 12.4 Å². The van der Waals surface area contributed by atoms with Gasteiger partial charge in [-0.2, -0.15) is 0 Å². The monoisotopic (exact) mass is 462 g/mol. The van der Waals surface area contributed by atoms with Gasteiger partial charge in [-0.3, -0.25) is 4.79 Å². The normalized spacial score (nSPS) is 30.8. The average Bonchev–Trinajstić information content (AvgIpc) is 2.78. The molecule has 184 valence electrons. The molecule has 31 heavy (non-hydrogen) atoms. The van der Waals surface area contributed by atoms with Crippen LogP contribution in [0.1, 0.15) is 85.5 Å². The fraction of sp³-hybridized carbons (Fsp3) is 0.960. The first-order chi connectivity index (χ1) is 14.8. The van der Waals surface area contributed by atoms with Crippen molar-refractivity contribution >= 4 is 17.4 Å². The van der Waals surface area contributed by atoms with E-state index in [1.807, 2.05) is 6.92 Å². The van der Waals surface area contributed by atoms with Gasteiger partial charge in [-0.25, -0.2) is 0 Å². The zero-order chi connectivity index (χ0) is 23.4. The molecule has 5 nitrogen and oxygen atoms in total. The van der Waals surface area contributed by atoms with Gasteiger partial charge in [0.15, 0.2) is 6.29 Å². The lowest BCUT2D eigenvalue weighted by molar-refractivity contribution is -0.198. The Morgan fingerprint density at radius 1 is 1.13 bits per heavy atom. The Morgan fingerprint density at radius 3 is 2.42 bits per heavy atom. The third-order valence-corrected chi connectivity index (χ3v) is 7.43. The molecule has 0 aromatic heterocycles. The molecule has 8 atom stereocenters. The van der Waals surface area contributed by atoms with E-state index >= 15 is 0 Å². The summed E-state index contributed by atoms with van der Waals surface area (Å²) in [6.07, 6.45) is 6.41. The number of methoxy groups -OCH3 is 2. The largest absolute Gasteiger partial charge is 0.392 e. The highest BCUT2D eigenvalue weighted by atomic mass is 35.5. The summed E-state index contributed by atoms with van der Waals surface area (Å²) in [6, 6.07) is 0. The average molecular weight is 463 g/mol. The van der Waals surface area contributed by atoms with Gasteiger partial charge in [0, 0.05) is 45.0 Å². The Bertz CT molecular complexity index is 485. The number of carbonyl (C=O) groups is 1. The standard InChI is InChI=1S/C25H47ClO5/c1-7-17(3)11-12-19-15-20(26)16-21(27)14-18(4)24(28)23(19)25(30-6)31-13-9-10-22(8-2)29-5/h17-20,22-25,28H,7-16H2,1-6H3.